The fraction of sp³-hybridized carbons (Fsp3) is 0.444. The highest BCUT2D eigenvalue weighted by atomic mass is 127. The topological polar surface area (TPSA) is 69.9 Å². The predicted octanol–water partition coefficient (Wildman–Crippen LogP) is 3.48. The number of carbonyl (C=O) groups is 1. The summed E-state index contributed by atoms with van der Waals surface area (Å²) in [5, 5.41) is 10.4. The van der Waals surface area contributed by atoms with Crippen LogP contribution in [0.2, 0.25) is 0 Å². The summed E-state index contributed by atoms with van der Waals surface area (Å²) < 4.78 is 5.18. The minimum absolute atomic E-state index is 0. The Kier molecular flexibility index (Phi) is 10.3. The van der Waals surface area contributed by atoms with Gasteiger partial charge in [0.05, 0.1) is 6.26 Å². The average molecular weight is 490 g/mol. The predicted molar refractivity (Wildman–Crippen MR) is 118 cm³/mol. The van der Waals surface area contributed by atoms with E-state index in [-0.39, 0.29) is 29.9 Å². The fourth-order valence-electron chi connectivity index (χ4n) is 2.35. The maximum Gasteiger partial charge on any atom is 0.287 e. The van der Waals surface area contributed by atoms with Crippen molar-refractivity contribution in [2.24, 2.45) is 4.99 Å². The number of hydrogen-bond acceptors (Lipinski definition) is 4. The van der Waals surface area contributed by atoms with Gasteiger partial charge in [0, 0.05) is 38.8 Å². The standard InChI is InChI=1S/C18H26N4O2S.HI/c1-4-19-18(22(3)12-15-7-11-25-13-15)21-9-5-8-20-17(23)16-14(2)6-10-24-16;/h6-7,10-11,13H,4-5,8-9,12H2,1-3H3,(H,19,21)(H,20,23);1H. The highest BCUT2D eigenvalue weighted by Gasteiger charge is 2.11. The molecule has 2 rings (SSSR count). The molecule has 6 nitrogen and oxygen atoms in total. The average Bonchev–Trinajstić information content (AvgIpc) is 3.24. The lowest BCUT2D eigenvalue weighted by atomic mass is 10.2. The van der Waals surface area contributed by atoms with Crippen LogP contribution in [0.1, 0.15) is 35.0 Å². The number of furan rings is 1. The number of nitrogens with one attached hydrogen (secondary N) is 2. The van der Waals surface area contributed by atoms with E-state index in [4.69, 9.17) is 4.42 Å². The van der Waals surface area contributed by atoms with Crippen LogP contribution in [0.3, 0.4) is 0 Å². The summed E-state index contributed by atoms with van der Waals surface area (Å²) in [5.41, 5.74) is 2.12. The first-order chi connectivity index (χ1) is 12.1. The maximum atomic E-state index is 12.0. The lowest BCUT2D eigenvalue weighted by molar-refractivity contribution is 0.0925. The molecule has 144 valence electrons. The number of thiophene rings is 1. The number of amides is 1. The quantitative estimate of drug-likeness (QED) is 0.257. The van der Waals surface area contributed by atoms with Gasteiger partial charge in [0.1, 0.15) is 0 Å². The summed E-state index contributed by atoms with van der Waals surface area (Å²) in [6.45, 7) is 6.77. The lowest BCUT2D eigenvalue weighted by Gasteiger charge is -2.21. The molecular weight excluding hydrogens is 463 g/mol. The number of guanidine groups is 1. The van der Waals surface area contributed by atoms with Crippen LogP contribution in [-0.4, -0.2) is 43.4 Å². The van der Waals surface area contributed by atoms with Gasteiger partial charge in [0.2, 0.25) is 0 Å². The van der Waals surface area contributed by atoms with Gasteiger partial charge in [0.25, 0.3) is 5.91 Å². The molecule has 2 aromatic rings. The SMILES string of the molecule is CCNC(=NCCCNC(=O)c1occc1C)N(C)Cc1ccsc1.I. The second-order valence-corrected chi connectivity index (χ2v) is 6.55. The summed E-state index contributed by atoms with van der Waals surface area (Å²) in [5.74, 6) is 1.09. The zero-order valence-electron chi connectivity index (χ0n) is 15.4. The van der Waals surface area contributed by atoms with E-state index >= 15 is 0 Å². The van der Waals surface area contributed by atoms with Gasteiger partial charge in [0.15, 0.2) is 11.7 Å². The summed E-state index contributed by atoms with van der Waals surface area (Å²) >= 11 is 1.70. The molecular formula is C18H27IN4O2S. The van der Waals surface area contributed by atoms with E-state index in [1.165, 1.54) is 11.8 Å². The third kappa shape index (κ3) is 6.99. The minimum atomic E-state index is -0.173. The minimum Gasteiger partial charge on any atom is -0.459 e. The second kappa shape index (κ2) is 11.9. The molecule has 2 aromatic heterocycles. The largest absolute Gasteiger partial charge is 0.459 e. The molecule has 0 aliphatic rings. The lowest BCUT2D eigenvalue weighted by Crippen LogP contribution is -2.38. The zero-order valence-corrected chi connectivity index (χ0v) is 18.6. The summed E-state index contributed by atoms with van der Waals surface area (Å²) in [4.78, 5) is 18.7. The molecule has 0 atom stereocenters. The van der Waals surface area contributed by atoms with Crippen molar-refractivity contribution in [3.05, 3.63) is 46.0 Å². The zero-order chi connectivity index (χ0) is 18.1. The molecule has 0 unspecified atom stereocenters. The first-order valence-corrected chi connectivity index (χ1v) is 9.39. The van der Waals surface area contributed by atoms with Gasteiger partial charge >= 0.3 is 0 Å². The van der Waals surface area contributed by atoms with Crippen molar-refractivity contribution in [3.8, 4) is 0 Å². The van der Waals surface area contributed by atoms with E-state index in [2.05, 4.69) is 44.3 Å². The molecule has 8 heteroatoms. The second-order valence-electron chi connectivity index (χ2n) is 5.77. The van der Waals surface area contributed by atoms with Crippen molar-refractivity contribution < 1.29 is 9.21 Å². The Balaban J connectivity index is 0.00000338. The van der Waals surface area contributed by atoms with E-state index in [1.54, 1.807) is 17.4 Å². The molecule has 0 fully saturated rings. The third-order valence-corrected chi connectivity index (χ3v) is 4.38. The van der Waals surface area contributed by atoms with Crippen LogP contribution in [0.15, 0.2) is 38.6 Å². The molecule has 0 spiro atoms. The summed E-state index contributed by atoms with van der Waals surface area (Å²) in [7, 11) is 2.03. The number of rotatable bonds is 8. The van der Waals surface area contributed by atoms with Gasteiger partial charge in [-0.15, -0.1) is 24.0 Å². The molecule has 0 saturated carbocycles. The van der Waals surface area contributed by atoms with Gasteiger partial charge in [-0.3, -0.25) is 9.79 Å². The van der Waals surface area contributed by atoms with Crippen molar-refractivity contribution in [2.45, 2.75) is 26.8 Å². The van der Waals surface area contributed by atoms with Crippen LogP contribution in [0, 0.1) is 6.92 Å². The Morgan fingerprint density at radius 2 is 2.15 bits per heavy atom. The van der Waals surface area contributed by atoms with Crippen molar-refractivity contribution in [1.29, 1.82) is 0 Å². The molecule has 0 radical (unpaired) electrons. The molecule has 2 heterocycles. The number of nitrogens with zero attached hydrogens (tertiary/aromatic N) is 2. The first kappa shape index (κ1) is 22.5. The summed E-state index contributed by atoms with van der Waals surface area (Å²) in [6.07, 6.45) is 2.30. The maximum absolute atomic E-state index is 12.0. The van der Waals surface area contributed by atoms with E-state index < -0.39 is 0 Å². The molecule has 0 bridgehead atoms. The molecule has 0 aliphatic carbocycles. The molecule has 2 N–H and O–H groups in total. The number of halogens is 1. The highest BCUT2D eigenvalue weighted by molar-refractivity contribution is 14.0. The van der Waals surface area contributed by atoms with E-state index in [0.717, 1.165) is 31.0 Å². The monoisotopic (exact) mass is 490 g/mol. The number of aryl methyl sites for hydroxylation is 1. The Morgan fingerprint density at radius 1 is 1.35 bits per heavy atom. The summed E-state index contributed by atoms with van der Waals surface area (Å²) in [6, 6.07) is 3.90. The van der Waals surface area contributed by atoms with Crippen LogP contribution in [0.5, 0.6) is 0 Å². The smallest absolute Gasteiger partial charge is 0.287 e. The van der Waals surface area contributed by atoms with Crippen LogP contribution in [0.25, 0.3) is 0 Å². The van der Waals surface area contributed by atoms with Crippen LogP contribution in [0.4, 0.5) is 0 Å². The van der Waals surface area contributed by atoms with Crippen molar-refractivity contribution in [1.82, 2.24) is 15.5 Å². The van der Waals surface area contributed by atoms with Crippen molar-refractivity contribution in [2.75, 3.05) is 26.7 Å². The number of hydrogen-bond donors (Lipinski definition) is 2. The molecule has 1 amide bonds. The van der Waals surface area contributed by atoms with Gasteiger partial charge in [-0.05, 0) is 48.7 Å². The normalized spacial score (nSPS) is 11.0. The van der Waals surface area contributed by atoms with Crippen molar-refractivity contribution >= 4 is 47.2 Å². The Labute approximate surface area is 176 Å². The number of aliphatic imine (C=N–C) groups is 1. The molecule has 0 aromatic carbocycles. The van der Waals surface area contributed by atoms with Gasteiger partial charge in [-0.25, -0.2) is 0 Å². The van der Waals surface area contributed by atoms with E-state index in [9.17, 15) is 4.79 Å². The van der Waals surface area contributed by atoms with Crippen LogP contribution in [-0.2, 0) is 6.54 Å². The Hall–Kier alpha value is -1.55. The Morgan fingerprint density at radius 3 is 2.77 bits per heavy atom. The number of carbonyl (C=O) groups excluding carboxylic acids is 1. The van der Waals surface area contributed by atoms with Gasteiger partial charge < -0.3 is 20.0 Å². The van der Waals surface area contributed by atoms with Gasteiger partial charge in [-0.1, -0.05) is 0 Å². The van der Waals surface area contributed by atoms with E-state index in [0.29, 0.717) is 18.8 Å². The third-order valence-electron chi connectivity index (χ3n) is 3.65. The molecule has 0 aliphatic heterocycles. The van der Waals surface area contributed by atoms with Crippen LogP contribution < -0.4 is 10.6 Å². The van der Waals surface area contributed by atoms with Crippen molar-refractivity contribution in [3.63, 3.8) is 0 Å². The first-order valence-electron chi connectivity index (χ1n) is 8.44. The fourth-order valence-corrected chi connectivity index (χ4v) is 3.01. The highest BCUT2D eigenvalue weighted by Crippen LogP contribution is 2.09. The van der Waals surface area contributed by atoms with Crippen LogP contribution >= 0.6 is 35.3 Å². The van der Waals surface area contributed by atoms with E-state index in [1.807, 2.05) is 14.0 Å². The Bertz CT molecular complexity index is 685. The van der Waals surface area contributed by atoms with Gasteiger partial charge in [-0.2, -0.15) is 11.3 Å². The molecule has 26 heavy (non-hydrogen) atoms. The molecule has 0 saturated heterocycles.